The average molecular weight is 380 g/mol. The Kier molecular flexibility index (Phi) is 5.66. The third-order valence-electron chi connectivity index (χ3n) is 4.26. The molecule has 0 saturated heterocycles. The Labute approximate surface area is 159 Å². The fraction of sp³-hybridized carbons (Fsp3) is 0.143. The van der Waals surface area contributed by atoms with Crippen molar-refractivity contribution in [3.8, 4) is 0 Å². The molecule has 0 aliphatic heterocycles. The van der Waals surface area contributed by atoms with Crippen LogP contribution in [0.25, 0.3) is 0 Å². The smallest absolute Gasteiger partial charge is 0.251 e. The molecule has 1 aromatic heterocycles. The number of carbonyl (C=O) groups is 1. The topological polar surface area (TPSA) is 76.1 Å². The molecule has 3 aromatic rings. The van der Waals surface area contributed by atoms with Gasteiger partial charge in [0.25, 0.3) is 5.91 Å². The molecule has 1 atom stereocenters. The average Bonchev–Trinajstić information content (AvgIpc) is 2.70. The fourth-order valence-electron chi connectivity index (χ4n) is 2.74. The van der Waals surface area contributed by atoms with E-state index in [1.807, 2.05) is 19.1 Å². The van der Waals surface area contributed by atoms with Gasteiger partial charge in [-0.1, -0.05) is 42.0 Å². The van der Waals surface area contributed by atoms with Crippen molar-refractivity contribution in [3.05, 3.63) is 95.8 Å². The summed E-state index contributed by atoms with van der Waals surface area (Å²) in [6.45, 7) is 1.89. The zero-order valence-electron chi connectivity index (χ0n) is 14.9. The van der Waals surface area contributed by atoms with Gasteiger partial charge in [0, 0.05) is 24.5 Å². The van der Waals surface area contributed by atoms with Crippen LogP contribution < -0.4 is 5.32 Å². The fourth-order valence-corrected chi connectivity index (χ4v) is 4.41. The molecule has 2 aromatic carbocycles. The molecule has 138 valence electrons. The van der Waals surface area contributed by atoms with Gasteiger partial charge in [0.2, 0.25) is 0 Å². The number of aryl methyl sites for hydroxylation is 1. The van der Waals surface area contributed by atoms with Crippen molar-refractivity contribution in [1.29, 1.82) is 0 Å². The van der Waals surface area contributed by atoms with Crippen molar-refractivity contribution >= 4 is 15.7 Å². The summed E-state index contributed by atoms with van der Waals surface area (Å²) >= 11 is 0. The van der Waals surface area contributed by atoms with Crippen molar-refractivity contribution in [2.45, 2.75) is 17.1 Å². The number of nitrogens with zero attached hydrogens (tertiary/aromatic N) is 1. The largest absolute Gasteiger partial charge is 0.350 e. The Hall–Kier alpha value is -2.99. The SMILES string of the molecule is Cc1ccc(C(=O)NC[C@H](c2cccnc2)S(=O)(=O)c2ccccc2)cc1. The first-order valence-electron chi connectivity index (χ1n) is 8.52. The standard InChI is InChI=1S/C21H20N2O3S/c1-16-9-11-17(12-10-16)21(24)23-15-20(18-6-5-13-22-14-18)27(25,26)19-7-3-2-4-8-19/h2-14,20H,15H2,1H3,(H,23,24)/t20-/m1/s1. The minimum Gasteiger partial charge on any atom is -0.350 e. The van der Waals surface area contributed by atoms with Crippen LogP contribution in [0.2, 0.25) is 0 Å². The summed E-state index contributed by atoms with van der Waals surface area (Å²) in [4.78, 5) is 16.7. The van der Waals surface area contributed by atoms with E-state index in [0.717, 1.165) is 5.56 Å². The van der Waals surface area contributed by atoms with Gasteiger partial charge in [-0.15, -0.1) is 0 Å². The maximum atomic E-state index is 13.1. The summed E-state index contributed by atoms with van der Waals surface area (Å²) in [5.41, 5.74) is 2.07. The molecule has 0 bridgehead atoms. The second-order valence-electron chi connectivity index (χ2n) is 6.21. The Balaban J connectivity index is 1.87. The lowest BCUT2D eigenvalue weighted by Crippen LogP contribution is -2.32. The number of benzene rings is 2. The molecule has 1 amide bonds. The number of aromatic nitrogens is 1. The number of rotatable bonds is 6. The summed E-state index contributed by atoms with van der Waals surface area (Å²) in [7, 11) is -3.69. The minimum absolute atomic E-state index is 0.0460. The number of sulfone groups is 1. The number of carbonyl (C=O) groups excluding carboxylic acids is 1. The van der Waals surface area contributed by atoms with Gasteiger partial charge >= 0.3 is 0 Å². The van der Waals surface area contributed by atoms with Crippen LogP contribution in [0.1, 0.15) is 26.7 Å². The molecule has 0 unspecified atom stereocenters. The molecule has 27 heavy (non-hydrogen) atoms. The van der Waals surface area contributed by atoms with E-state index >= 15 is 0 Å². The molecular formula is C21H20N2O3S. The Bertz CT molecular complexity index is 1000. The molecule has 0 saturated carbocycles. The molecule has 1 N–H and O–H groups in total. The van der Waals surface area contributed by atoms with E-state index in [-0.39, 0.29) is 17.3 Å². The molecule has 6 heteroatoms. The molecular weight excluding hydrogens is 360 g/mol. The summed E-state index contributed by atoms with van der Waals surface area (Å²) in [6, 6.07) is 18.7. The van der Waals surface area contributed by atoms with E-state index in [1.165, 1.54) is 6.20 Å². The number of hydrogen-bond donors (Lipinski definition) is 1. The van der Waals surface area contributed by atoms with E-state index in [0.29, 0.717) is 11.1 Å². The van der Waals surface area contributed by atoms with Gasteiger partial charge in [-0.3, -0.25) is 9.78 Å². The van der Waals surface area contributed by atoms with Crippen LogP contribution >= 0.6 is 0 Å². The Morgan fingerprint density at radius 1 is 1.00 bits per heavy atom. The third kappa shape index (κ3) is 4.41. The minimum atomic E-state index is -3.69. The summed E-state index contributed by atoms with van der Waals surface area (Å²) in [5, 5.41) is 1.82. The lowest BCUT2D eigenvalue weighted by Gasteiger charge is -2.19. The molecule has 5 nitrogen and oxygen atoms in total. The molecule has 3 rings (SSSR count). The van der Waals surface area contributed by atoms with E-state index in [9.17, 15) is 13.2 Å². The summed E-state index contributed by atoms with van der Waals surface area (Å²) in [6.07, 6.45) is 3.10. The van der Waals surface area contributed by atoms with Crippen LogP contribution in [0.15, 0.2) is 84.0 Å². The lowest BCUT2D eigenvalue weighted by atomic mass is 10.1. The molecule has 1 heterocycles. The van der Waals surface area contributed by atoms with E-state index in [2.05, 4.69) is 10.3 Å². The van der Waals surface area contributed by atoms with E-state index in [1.54, 1.807) is 60.8 Å². The predicted molar refractivity (Wildman–Crippen MR) is 104 cm³/mol. The van der Waals surface area contributed by atoms with Crippen LogP contribution in [0.5, 0.6) is 0 Å². The number of hydrogen-bond acceptors (Lipinski definition) is 4. The van der Waals surface area contributed by atoms with Gasteiger partial charge in [-0.2, -0.15) is 0 Å². The van der Waals surface area contributed by atoms with Gasteiger partial charge in [0.1, 0.15) is 5.25 Å². The monoisotopic (exact) mass is 380 g/mol. The van der Waals surface area contributed by atoms with Gasteiger partial charge in [0.15, 0.2) is 9.84 Å². The first-order chi connectivity index (χ1) is 13.0. The van der Waals surface area contributed by atoms with Crippen LogP contribution in [-0.2, 0) is 9.84 Å². The lowest BCUT2D eigenvalue weighted by molar-refractivity contribution is 0.0953. The van der Waals surface area contributed by atoms with Crippen molar-refractivity contribution < 1.29 is 13.2 Å². The van der Waals surface area contributed by atoms with Gasteiger partial charge in [-0.25, -0.2) is 8.42 Å². The first-order valence-corrected chi connectivity index (χ1v) is 10.1. The van der Waals surface area contributed by atoms with E-state index in [4.69, 9.17) is 0 Å². The summed E-state index contributed by atoms with van der Waals surface area (Å²) < 4.78 is 26.3. The Morgan fingerprint density at radius 3 is 2.33 bits per heavy atom. The normalized spacial score (nSPS) is 12.3. The molecule has 0 aliphatic rings. The molecule has 0 radical (unpaired) electrons. The highest BCUT2D eigenvalue weighted by atomic mass is 32.2. The second kappa shape index (κ2) is 8.14. The predicted octanol–water partition coefficient (Wildman–Crippen LogP) is 3.34. The highest BCUT2D eigenvalue weighted by molar-refractivity contribution is 7.91. The Morgan fingerprint density at radius 2 is 1.70 bits per heavy atom. The maximum Gasteiger partial charge on any atom is 0.251 e. The molecule has 0 fully saturated rings. The van der Waals surface area contributed by atoms with Crippen molar-refractivity contribution in [1.82, 2.24) is 10.3 Å². The van der Waals surface area contributed by atoms with Crippen molar-refractivity contribution in [2.75, 3.05) is 6.54 Å². The van der Waals surface area contributed by atoms with Crippen LogP contribution in [0.4, 0.5) is 0 Å². The van der Waals surface area contributed by atoms with Crippen LogP contribution in [-0.4, -0.2) is 25.9 Å². The highest BCUT2D eigenvalue weighted by Crippen LogP contribution is 2.28. The zero-order valence-corrected chi connectivity index (χ0v) is 15.7. The van der Waals surface area contributed by atoms with Crippen LogP contribution in [0, 0.1) is 6.92 Å². The molecule has 0 aliphatic carbocycles. The van der Waals surface area contributed by atoms with Gasteiger partial charge in [-0.05, 0) is 42.8 Å². The number of pyridine rings is 1. The first kappa shape index (κ1) is 18.8. The maximum absolute atomic E-state index is 13.1. The van der Waals surface area contributed by atoms with Crippen LogP contribution in [0.3, 0.4) is 0 Å². The highest BCUT2D eigenvalue weighted by Gasteiger charge is 2.29. The van der Waals surface area contributed by atoms with Gasteiger partial charge < -0.3 is 5.32 Å². The number of amides is 1. The molecule has 0 spiro atoms. The number of nitrogens with one attached hydrogen (secondary N) is 1. The van der Waals surface area contributed by atoms with E-state index < -0.39 is 15.1 Å². The zero-order chi connectivity index (χ0) is 19.3. The van der Waals surface area contributed by atoms with Gasteiger partial charge in [0.05, 0.1) is 4.90 Å². The van der Waals surface area contributed by atoms with Crippen molar-refractivity contribution in [3.63, 3.8) is 0 Å². The quantitative estimate of drug-likeness (QED) is 0.712. The third-order valence-corrected chi connectivity index (χ3v) is 6.38. The second-order valence-corrected chi connectivity index (χ2v) is 8.34. The van der Waals surface area contributed by atoms with Crippen molar-refractivity contribution in [2.24, 2.45) is 0 Å². The summed E-state index contributed by atoms with van der Waals surface area (Å²) in [5.74, 6) is -0.313.